The molecule has 0 aliphatic carbocycles. The van der Waals surface area contributed by atoms with Gasteiger partial charge in [0.05, 0.1) is 5.52 Å². The quantitative estimate of drug-likeness (QED) is 0.246. The lowest BCUT2D eigenvalue weighted by Gasteiger charge is -2.10. The molecule has 1 heterocycles. The van der Waals surface area contributed by atoms with Crippen molar-refractivity contribution in [3.05, 3.63) is 87.4 Å². The minimum atomic E-state index is 0.603. The highest BCUT2D eigenvalue weighted by Gasteiger charge is 2.13. The molecule has 6 heteroatoms. The first-order valence-corrected chi connectivity index (χ1v) is 10.3. The van der Waals surface area contributed by atoms with Crippen LogP contribution in [0.2, 0.25) is 15.1 Å². The van der Waals surface area contributed by atoms with E-state index in [-0.39, 0.29) is 0 Å². The van der Waals surface area contributed by atoms with Crippen molar-refractivity contribution in [1.82, 2.24) is 9.97 Å². The highest BCUT2D eigenvalue weighted by Crippen LogP contribution is 2.35. The zero-order valence-electron chi connectivity index (χ0n) is 14.0. The van der Waals surface area contributed by atoms with Gasteiger partial charge in [-0.15, -0.1) is 11.8 Å². The van der Waals surface area contributed by atoms with Gasteiger partial charge in [0.15, 0.2) is 5.82 Å². The number of halogens is 3. The maximum atomic E-state index is 6.31. The monoisotopic (exact) mass is 430 g/mol. The van der Waals surface area contributed by atoms with Crippen molar-refractivity contribution < 1.29 is 0 Å². The summed E-state index contributed by atoms with van der Waals surface area (Å²) in [6, 6.07) is 21.1. The van der Waals surface area contributed by atoms with Crippen LogP contribution in [-0.4, -0.2) is 9.97 Å². The van der Waals surface area contributed by atoms with Gasteiger partial charge < -0.3 is 0 Å². The number of hydrogen-bond donors (Lipinski definition) is 0. The van der Waals surface area contributed by atoms with E-state index in [4.69, 9.17) is 44.8 Å². The summed E-state index contributed by atoms with van der Waals surface area (Å²) in [6.45, 7) is 0. The molecule has 0 atom stereocenters. The van der Waals surface area contributed by atoms with Crippen LogP contribution >= 0.6 is 46.6 Å². The molecule has 1 aromatic heterocycles. The molecule has 134 valence electrons. The summed E-state index contributed by atoms with van der Waals surface area (Å²) >= 11 is 20.4. The maximum absolute atomic E-state index is 6.31. The Kier molecular flexibility index (Phi) is 5.55. The summed E-state index contributed by atoms with van der Waals surface area (Å²) in [5.74, 6) is 1.28. The minimum Gasteiger partial charge on any atom is -0.228 e. The van der Waals surface area contributed by atoms with E-state index < -0.39 is 0 Å². The van der Waals surface area contributed by atoms with E-state index in [1.807, 2.05) is 66.7 Å². The van der Waals surface area contributed by atoms with E-state index in [0.717, 1.165) is 27.1 Å². The highest BCUT2D eigenvalue weighted by atomic mass is 35.5. The number of benzene rings is 3. The summed E-state index contributed by atoms with van der Waals surface area (Å²) in [4.78, 5) is 9.50. The number of nitrogens with zero attached hydrogens (tertiary/aromatic N) is 2. The van der Waals surface area contributed by atoms with Crippen LogP contribution < -0.4 is 0 Å². The Hall–Kier alpha value is -1.78. The third-order valence-electron chi connectivity index (χ3n) is 4.07. The maximum Gasteiger partial charge on any atom is 0.161 e. The van der Waals surface area contributed by atoms with Gasteiger partial charge in [-0.2, -0.15) is 0 Å². The fourth-order valence-electron chi connectivity index (χ4n) is 2.71. The van der Waals surface area contributed by atoms with Crippen molar-refractivity contribution in [3.63, 3.8) is 0 Å². The molecule has 3 aromatic carbocycles. The van der Waals surface area contributed by atoms with Gasteiger partial charge in [-0.3, -0.25) is 0 Å². The third kappa shape index (κ3) is 4.07. The van der Waals surface area contributed by atoms with Crippen LogP contribution in [0.3, 0.4) is 0 Å². The van der Waals surface area contributed by atoms with Crippen LogP contribution in [0.4, 0.5) is 0 Å². The largest absolute Gasteiger partial charge is 0.228 e. The molecule has 0 N–H and O–H groups in total. The second-order valence-electron chi connectivity index (χ2n) is 5.87. The number of thioether (sulfide) groups is 1. The Morgan fingerprint density at radius 2 is 1.52 bits per heavy atom. The molecule has 0 unspecified atom stereocenters. The van der Waals surface area contributed by atoms with Crippen molar-refractivity contribution >= 4 is 57.5 Å². The molecule has 0 saturated heterocycles. The Morgan fingerprint density at radius 3 is 2.26 bits per heavy atom. The van der Waals surface area contributed by atoms with Crippen molar-refractivity contribution in [2.45, 2.75) is 10.8 Å². The standard InChI is InChI=1S/C21H13Cl3N2S/c22-14-9-10-19-15(11-14)21(26-20(25-19)13-5-2-1-3-6-13)27-12-16-17(23)7-4-8-18(16)24/h1-11H,12H2. The molecule has 0 radical (unpaired) electrons. The minimum absolute atomic E-state index is 0.603. The van der Waals surface area contributed by atoms with Crippen LogP contribution in [0.5, 0.6) is 0 Å². The third-order valence-corrected chi connectivity index (χ3v) is 6.03. The second-order valence-corrected chi connectivity index (χ2v) is 8.08. The average Bonchev–Trinajstić information content (AvgIpc) is 2.68. The van der Waals surface area contributed by atoms with Crippen LogP contribution in [0, 0.1) is 0 Å². The van der Waals surface area contributed by atoms with E-state index in [0.29, 0.717) is 26.6 Å². The first-order valence-electron chi connectivity index (χ1n) is 8.20. The molecular weight excluding hydrogens is 419 g/mol. The van der Waals surface area contributed by atoms with Crippen LogP contribution in [0.25, 0.3) is 22.3 Å². The number of fused-ring (bicyclic) bond motifs is 1. The zero-order valence-corrected chi connectivity index (χ0v) is 17.1. The molecule has 2 nitrogen and oxygen atoms in total. The predicted molar refractivity (Wildman–Crippen MR) is 116 cm³/mol. The summed E-state index contributed by atoms with van der Waals surface area (Å²) in [6.07, 6.45) is 0. The lowest BCUT2D eigenvalue weighted by atomic mass is 10.2. The lowest BCUT2D eigenvalue weighted by Crippen LogP contribution is -1.95. The zero-order chi connectivity index (χ0) is 18.8. The van der Waals surface area contributed by atoms with Crippen LogP contribution in [0.15, 0.2) is 71.8 Å². The molecule has 0 spiro atoms. The first kappa shape index (κ1) is 18.6. The van der Waals surface area contributed by atoms with Gasteiger partial charge in [0.2, 0.25) is 0 Å². The summed E-state index contributed by atoms with van der Waals surface area (Å²) in [5, 5.41) is 3.70. The molecule has 0 fully saturated rings. The van der Waals surface area contributed by atoms with Gasteiger partial charge >= 0.3 is 0 Å². The van der Waals surface area contributed by atoms with Crippen molar-refractivity contribution in [3.8, 4) is 11.4 Å². The summed E-state index contributed by atoms with van der Waals surface area (Å²) < 4.78 is 0. The van der Waals surface area contributed by atoms with Crippen molar-refractivity contribution in [1.29, 1.82) is 0 Å². The molecule has 0 amide bonds. The predicted octanol–water partition coefficient (Wildman–Crippen LogP) is 7.55. The molecule has 0 aliphatic rings. The lowest BCUT2D eigenvalue weighted by molar-refractivity contribution is 1.11. The molecule has 0 bridgehead atoms. The van der Waals surface area contributed by atoms with E-state index in [1.165, 1.54) is 0 Å². The van der Waals surface area contributed by atoms with Gasteiger partial charge in [-0.25, -0.2) is 9.97 Å². The molecule has 4 aromatic rings. The summed E-state index contributed by atoms with van der Waals surface area (Å²) in [7, 11) is 0. The van der Waals surface area contributed by atoms with Crippen LogP contribution in [-0.2, 0) is 5.75 Å². The normalized spacial score (nSPS) is 11.1. The van der Waals surface area contributed by atoms with Gasteiger partial charge in [0.25, 0.3) is 0 Å². The topological polar surface area (TPSA) is 25.8 Å². The molecule has 27 heavy (non-hydrogen) atoms. The number of aromatic nitrogens is 2. The van der Waals surface area contributed by atoms with Crippen molar-refractivity contribution in [2.75, 3.05) is 0 Å². The molecule has 0 aliphatic heterocycles. The number of rotatable bonds is 4. The Labute approximate surface area is 176 Å². The average molecular weight is 432 g/mol. The van der Waals surface area contributed by atoms with E-state index in [9.17, 15) is 0 Å². The van der Waals surface area contributed by atoms with E-state index in [2.05, 4.69) is 0 Å². The van der Waals surface area contributed by atoms with Crippen molar-refractivity contribution in [2.24, 2.45) is 0 Å². The SMILES string of the molecule is Clc1ccc2nc(-c3ccccc3)nc(SCc3c(Cl)cccc3Cl)c2c1. The Bertz CT molecular complexity index is 1100. The fraction of sp³-hybridized carbons (Fsp3) is 0.0476. The van der Waals surface area contributed by atoms with Gasteiger partial charge in [0.1, 0.15) is 5.03 Å². The highest BCUT2D eigenvalue weighted by molar-refractivity contribution is 7.98. The smallest absolute Gasteiger partial charge is 0.161 e. The number of hydrogen-bond acceptors (Lipinski definition) is 3. The summed E-state index contributed by atoms with van der Waals surface area (Å²) in [5.41, 5.74) is 2.70. The van der Waals surface area contributed by atoms with Crippen LogP contribution in [0.1, 0.15) is 5.56 Å². The van der Waals surface area contributed by atoms with E-state index >= 15 is 0 Å². The molecule has 0 saturated carbocycles. The van der Waals surface area contributed by atoms with E-state index in [1.54, 1.807) is 11.8 Å². The Balaban J connectivity index is 1.79. The fourth-order valence-corrected chi connectivity index (χ4v) is 4.63. The first-order chi connectivity index (χ1) is 13.1. The molecule has 4 rings (SSSR count). The molecular formula is C21H13Cl3N2S. The van der Waals surface area contributed by atoms with Gasteiger partial charge in [0, 0.05) is 31.8 Å². The second kappa shape index (κ2) is 8.07. The Morgan fingerprint density at radius 1 is 0.778 bits per heavy atom. The van der Waals surface area contributed by atoms with Gasteiger partial charge in [-0.1, -0.05) is 71.2 Å². The van der Waals surface area contributed by atoms with Gasteiger partial charge in [-0.05, 0) is 35.9 Å².